The maximum absolute atomic E-state index is 12.1. The standard InChI is InChI=1S/C14H21N3O4/c1-16(2)10-4-3-7-17(9-10)14(20)15-8-11-5-6-12(21-11)13(18)19/h5-6,10H,3-4,7-9H2,1-2H3,(H,15,20)(H,18,19). The fraction of sp³-hybridized carbons (Fsp3) is 0.571. The Hall–Kier alpha value is -2.02. The fourth-order valence-corrected chi connectivity index (χ4v) is 2.42. The molecule has 1 aliphatic heterocycles. The smallest absolute Gasteiger partial charge is 0.371 e. The van der Waals surface area contributed by atoms with E-state index in [0.717, 1.165) is 19.4 Å². The molecule has 2 amide bonds. The Labute approximate surface area is 123 Å². The van der Waals surface area contributed by atoms with Gasteiger partial charge in [0.2, 0.25) is 5.76 Å². The number of carbonyl (C=O) groups is 2. The first-order valence-corrected chi connectivity index (χ1v) is 6.98. The number of likely N-dealkylation sites (tertiary alicyclic amines) is 1. The van der Waals surface area contributed by atoms with Gasteiger partial charge in [-0.25, -0.2) is 9.59 Å². The molecule has 1 aromatic heterocycles. The highest BCUT2D eigenvalue weighted by Gasteiger charge is 2.24. The number of furan rings is 1. The van der Waals surface area contributed by atoms with Crippen LogP contribution in [0.2, 0.25) is 0 Å². The number of carbonyl (C=O) groups excluding carboxylic acids is 1. The Morgan fingerprint density at radius 2 is 2.24 bits per heavy atom. The van der Waals surface area contributed by atoms with Gasteiger partial charge in [0.15, 0.2) is 0 Å². The number of hydrogen-bond donors (Lipinski definition) is 2. The van der Waals surface area contributed by atoms with Crippen molar-refractivity contribution in [1.82, 2.24) is 15.1 Å². The highest BCUT2D eigenvalue weighted by molar-refractivity contribution is 5.84. The summed E-state index contributed by atoms with van der Waals surface area (Å²) in [5.41, 5.74) is 0. The number of urea groups is 1. The van der Waals surface area contributed by atoms with E-state index in [1.54, 1.807) is 11.0 Å². The van der Waals surface area contributed by atoms with E-state index in [1.807, 2.05) is 14.1 Å². The molecule has 1 aliphatic rings. The average molecular weight is 295 g/mol. The lowest BCUT2D eigenvalue weighted by molar-refractivity contribution is 0.0660. The molecule has 0 spiro atoms. The zero-order chi connectivity index (χ0) is 15.4. The first kappa shape index (κ1) is 15.4. The second-order valence-electron chi connectivity index (χ2n) is 5.44. The van der Waals surface area contributed by atoms with Crippen molar-refractivity contribution in [3.05, 3.63) is 23.7 Å². The Balaban J connectivity index is 1.84. The number of nitrogens with zero attached hydrogens (tertiary/aromatic N) is 2. The van der Waals surface area contributed by atoms with Gasteiger partial charge in [0.05, 0.1) is 6.54 Å². The molecule has 1 fully saturated rings. The minimum Gasteiger partial charge on any atom is -0.475 e. The van der Waals surface area contributed by atoms with Gasteiger partial charge in [-0.2, -0.15) is 0 Å². The number of aromatic carboxylic acids is 1. The van der Waals surface area contributed by atoms with Crippen molar-refractivity contribution < 1.29 is 19.1 Å². The molecule has 2 heterocycles. The van der Waals surface area contributed by atoms with Crippen molar-refractivity contribution in [1.29, 1.82) is 0 Å². The summed E-state index contributed by atoms with van der Waals surface area (Å²) in [6.45, 7) is 1.64. The van der Waals surface area contributed by atoms with E-state index >= 15 is 0 Å². The minimum absolute atomic E-state index is 0.120. The third-order valence-electron chi connectivity index (χ3n) is 3.70. The number of piperidine rings is 1. The van der Waals surface area contributed by atoms with Gasteiger partial charge in [-0.15, -0.1) is 0 Å². The van der Waals surface area contributed by atoms with Crippen molar-refractivity contribution in [2.24, 2.45) is 0 Å². The van der Waals surface area contributed by atoms with Crippen molar-refractivity contribution in [2.75, 3.05) is 27.2 Å². The summed E-state index contributed by atoms with van der Waals surface area (Å²) in [5.74, 6) is -0.802. The van der Waals surface area contributed by atoms with Gasteiger partial charge in [0.25, 0.3) is 0 Å². The second kappa shape index (κ2) is 6.62. The average Bonchev–Trinajstić information content (AvgIpc) is 2.94. The summed E-state index contributed by atoms with van der Waals surface area (Å²) in [7, 11) is 4.03. The van der Waals surface area contributed by atoms with Crippen LogP contribution in [-0.4, -0.2) is 60.1 Å². The largest absolute Gasteiger partial charge is 0.475 e. The zero-order valence-corrected chi connectivity index (χ0v) is 12.3. The van der Waals surface area contributed by atoms with Crippen LogP contribution in [0.5, 0.6) is 0 Å². The molecule has 21 heavy (non-hydrogen) atoms. The molecule has 0 saturated carbocycles. The molecule has 2 rings (SSSR count). The van der Waals surface area contributed by atoms with E-state index in [9.17, 15) is 9.59 Å². The molecular formula is C14H21N3O4. The van der Waals surface area contributed by atoms with E-state index < -0.39 is 5.97 Å². The van der Waals surface area contributed by atoms with Crippen LogP contribution in [0.25, 0.3) is 0 Å². The van der Waals surface area contributed by atoms with E-state index in [2.05, 4.69) is 10.2 Å². The summed E-state index contributed by atoms with van der Waals surface area (Å²) in [5, 5.41) is 11.5. The van der Waals surface area contributed by atoms with Gasteiger partial charge in [0.1, 0.15) is 5.76 Å². The third kappa shape index (κ3) is 3.98. The molecule has 0 radical (unpaired) electrons. The van der Waals surface area contributed by atoms with Crippen LogP contribution in [0.4, 0.5) is 4.79 Å². The maximum atomic E-state index is 12.1. The lowest BCUT2D eigenvalue weighted by Crippen LogP contribution is -2.50. The molecule has 1 aromatic rings. The van der Waals surface area contributed by atoms with Gasteiger partial charge >= 0.3 is 12.0 Å². The Morgan fingerprint density at radius 3 is 2.86 bits per heavy atom. The third-order valence-corrected chi connectivity index (χ3v) is 3.70. The quantitative estimate of drug-likeness (QED) is 0.872. The van der Waals surface area contributed by atoms with Crippen LogP contribution in [0, 0.1) is 0 Å². The minimum atomic E-state index is -1.11. The number of likely N-dealkylation sites (N-methyl/N-ethyl adjacent to an activating group) is 1. The maximum Gasteiger partial charge on any atom is 0.371 e. The number of nitrogens with one attached hydrogen (secondary N) is 1. The molecule has 7 heteroatoms. The molecule has 1 atom stereocenters. The summed E-state index contributed by atoms with van der Waals surface area (Å²) < 4.78 is 5.10. The molecule has 116 valence electrons. The zero-order valence-electron chi connectivity index (χ0n) is 12.3. The highest BCUT2D eigenvalue weighted by Crippen LogP contribution is 2.14. The molecule has 2 N–H and O–H groups in total. The SMILES string of the molecule is CN(C)C1CCCN(C(=O)NCc2ccc(C(=O)O)o2)C1. The number of carboxylic acid groups (broad SMARTS) is 1. The van der Waals surface area contributed by atoms with Crippen molar-refractivity contribution in [2.45, 2.75) is 25.4 Å². The molecular weight excluding hydrogens is 274 g/mol. The summed E-state index contributed by atoms with van der Waals surface area (Å²) >= 11 is 0. The predicted octanol–water partition coefficient (Wildman–Crippen LogP) is 1.21. The lowest BCUT2D eigenvalue weighted by atomic mass is 10.1. The van der Waals surface area contributed by atoms with Gasteiger partial charge in [0, 0.05) is 19.1 Å². The van der Waals surface area contributed by atoms with Gasteiger partial charge in [-0.1, -0.05) is 0 Å². The fourth-order valence-electron chi connectivity index (χ4n) is 2.42. The summed E-state index contributed by atoms with van der Waals surface area (Å²) in [6.07, 6.45) is 2.08. The predicted molar refractivity (Wildman–Crippen MR) is 76.2 cm³/mol. The van der Waals surface area contributed by atoms with Gasteiger partial charge < -0.3 is 24.6 Å². The Bertz CT molecular complexity index is 512. The van der Waals surface area contributed by atoms with Crippen molar-refractivity contribution in [3.63, 3.8) is 0 Å². The molecule has 1 saturated heterocycles. The Kier molecular flexibility index (Phi) is 4.85. The molecule has 0 aliphatic carbocycles. The normalized spacial score (nSPS) is 18.8. The lowest BCUT2D eigenvalue weighted by Gasteiger charge is -2.36. The summed E-state index contributed by atoms with van der Waals surface area (Å²) in [6, 6.07) is 3.18. The first-order chi connectivity index (χ1) is 9.97. The summed E-state index contributed by atoms with van der Waals surface area (Å²) in [4.78, 5) is 26.7. The number of carboxylic acids is 1. The van der Waals surface area contributed by atoms with Crippen molar-refractivity contribution >= 4 is 12.0 Å². The van der Waals surface area contributed by atoms with E-state index in [4.69, 9.17) is 9.52 Å². The number of amides is 2. The molecule has 1 unspecified atom stereocenters. The molecule has 0 aromatic carbocycles. The molecule has 0 bridgehead atoms. The van der Waals surface area contributed by atoms with E-state index in [-0.39, 0.29) is 18.3 Å². The van der Waals surface area contributed by atoms with E-state index in [1.165, 1.54) is 6.07 Å². The van der Waals surface area contributed by atoms with Crippen molar-refractivity contribution in [3.8, 4) is 0 Å². The highest BCUT2D eigenvalue weighted by atomic mass is 16.4. The first-order valence-electron chi connectivity index (χ1n) is 6.98. The topological polar surface area (TPSA) is 86.0 Å². The van der Waals surface area contributed by atoms with Crippen LogP contribution >= 0.6 is 0 Å². The Morgan fingerprint density at radius 1 is 1.48 bits per heavy atom. The van der Waals surface area contributed by atoms with Crippen LogP contribution in [0.15, 0.2) is 16.5 Å². The monoisotopic (exact) mass is 295 g/mol. The van der Waals surface area contributed by atoms with Crippen LogP contribution in [0.3, 0.4) is 0 Å². The van der Waals surface area contributed by atoms with E-state index in [0.29, 0.717) is 18.3 Å². The molecule has 7 nitrogen and oxygen atoms in total. The van der Waals surface area contributed by atoms with Gasteiger partial charge in [-0.3, -0.25) is 0 Å². The number of rotatable bonds is 4. The van der Waals surface area contributed by atoms with Crippen LogP contribution < -0.4 is 5.32 Å². The van der Waals surface area contributed by atoms with Crippen LogP contribution in [-0.2, 0) is 6.54 Å². The number of hydrogen-bond acceptors (Lipinski definition) is 4. The second-order valence-corrected chi connectivity index (χ2v) is 5.44. The van der Waals surface area contributed by atoms with Gasteiger partial charge in [-0.05, 0) is 39.1 Å². The van der Waals surface area contributed by atoms with Crippen LogP contribution in [0.1, 0.15) is 29.2 Å².